The largest absolute Gasteiger partial charge is 0.507 e. The number of likely N-dealkylation sites (tertiary alicyclic amines) is 1. The molecule has 1 N–H and O–H groups in total. The lowest BCUT2D eigenvalue weighted by Gasteiger charge is -2.28. The van der Waals surface area contributed by atoms with Gasteiger partial charge in [0.15, 0.2) is 0 Å². The minimum Gasteiger partial charge on any atom is -0.507 e. The van der Waals surface area contributed by atoms with Crippen LogP contribution in [0.3, 0.4) is 0 Å². The molecule has 1 fully saturated rings. The molecule has 6 heteroatoms. The zero-order chi connectivity index (χ0) is 28.2. The molecule has 2 aromatic rings. The van der Waals surface area contributed by atoms with Gasteiger partial charge in [0, 0.05) is 18.7 Å². The lowest BCUT2D eigenvalue weighted by Crippen LogP contribution is -2.38. The summed E-state index contributed by atoms with van der Waals surface area (Å²) in [5.74, 6) is -0.247. The number of benzene rings is 2. The van der Waals surface area contributed by atoms with Gasteiger partial charge in [-0.05, 0) is 66.2 Å². The van der Waals surface area contributed by atoms with E-state index in [1.807, 2.05) is 43.3 Å². The fraction of sp³-hybridized carbons (Fsp3) is 0.500. The second-order valence-corrected chi connectivity index (χ2v) is 11.6. The molecule has 0 radical (unpaired) electrons. The average molecular weight is 521 g/mol. The molecule has 1 aliphatic heterocycles. The Balaban J connectivity index is 2.08. The van der Waals surface area contributed by atoms with Gasteiger partial charge in [-0.2, -0.15) is 0 Å². The van der Waals surface area contributed by atoms with Gasteiger partial charge < -0.3 is 19.6 Å². The number of hydrogen-bond donors (Lipinski definition) is 1. The molecule has 6 nitrogen and oxygen atoms in total. The second-order valence-electron chi connectivity index (χ2n) is 11.6. The highest BCUT2D eigenvalue weighted by Gasteiger charge is 2.46. The molecule has 0 unspecified atom stereocenters. The van der Waals surface area contributed by atoms with Gasteiger partial charge in [0.25, 0.3) is 11.7 Å². The molecule has 0 bridgehead atoms. The van der Waals surface area contributed by atoms with E-state index in [-0.39, 0.29) is 16.7 Å². The van der Waals surface area contributed by atoms with Crippen LogP contribution in [-0.4, -0.2) is 59.4 Å². The summed E-state index contributed by atoms with van der Waals surface area (Å²) in [7, 11) is 0. The third kappa shape index (κ3) is 6.47. The summed E-state index contributed by atoms with van der Waals surface area (Å²) in [6.45, 7) is 20.0. The number of Topliss-reactive ketones (excluding diaryl/α,β-unsaturated/α-hetero) is 1. The first kappa shape index (κ1) is 29.4. The number of ether oxygens (including phenoxy) is 1. The number of amides is 1. The topological polar surface area (TPSA) is 70.1 Å². The molecule has 0 spiro atoms. The maximum atomic E-state index is 13.4. The van der Waals surface area contributed by atoms with Crippen molar-refractivity contribution in [2.24, 2.45) is 5.92 Å². The minimum absolute atomic E-state index is 0.0278. The van der Waals surface area contributed by atoms with Crippen molar-refractivity contribution >= 4 is 17.4 Å². The van der Waals surface area contributed by atoms with Crippen LogP contribution in [0.2, 0.25) is 0 Å². The standard InChI is InChI=1S/C32H44N2O4/c1-9-33(10-2)17-18-34-28(23-11-14-25(15-12-23)32(6,7)8)27(30(36)31(34)37)29(35)24-13-16-26(22(5)19-24)38-20-21(3)4/h11-16,19,21,28,35H,9-10,17-18,20H2,1-8H3/b29-27+/t28-/m1/s1. The normalized spacial score (nSPS) is 17.6. The molecule has 3 rings (SSSR count). The zero-order valence-corrected chi connectivity index (χ0v) is 24.3. The number of aliphatic hydroxyl groups is 1. The van der Waals surface area contributed by atoms with E-state index in [9.17, 15) is 14.7 Å². The van der Waals surface area contributed by atoms with Gasteiger partial charge in [0.05, 0.1) is 18.2 Å². The van der Waals surface area contributed by atoms with Gasteiger partial charge in [0.1, 0.15) is 11.5 Å². The van der Waals surface area contributed by atoms with Crippen LogP contribution in [0, 0.1) is 12.8 Å². The molecule has 38 heavy (non-hydrogen) atoms. The lowest BCUT2D eigenvalue weighted by atomic mass is 9.85. The Bertz CT molecular complexity index is 1170. The average Bonchev–Trinajstić information content (AvgIpc) is 3.12. The van der Waals surface area contributed by atoms with Crippen molar-refractivity contribution in [3.63, 3.8) is 0 Å². The Morgan fingerprint density at radius 3 is 2.21 bits per heavy atom. The van der Waals surface area contributed by atoms with Crippen molar-refractivity contribution in [2.45, 2.75) is 66.8 Å². The Morgan fingerprint density at radius 2 is 1.68 bits per heavy atom. The molecular formula is C32H44N2O4. The maximum Gasteiger partial charge on any atom is 0.295 e. The van der Waals surface area contributed by atoms with Gasteiger partial charge in [-0.15, -0.1) is 0 Å². The summed E-state index contributed by atoms with van der Waals surface area (Å²) in [6, 6.07) is 12.8. The van der Waals surface area contributed by atoms with Crippen LogP contribution in [0.1, 0.15) is 76.8 Å². The summed E-state index contributed by atoms with van der Waals surface area (Å²) in [5, 5.41) is 11.5. The van der Waals surface area contributed by atoms with E-state index >= 15 is 0 Å². The van der Waals surface area contributed by atoms with Gasteiger partial charge in [-0.25, -0.2) is 0 Å². The van der Waals surface area contributed by atoms with E-state index in [1.165, 1.54) is 0 Å². The molecule has 206 valence electrons. The van der Waals surface area contributed by atoms with Crippen molar-refractivity contribution in [2.75, 3.05) is 32.8 Å². The van der Waals surface area contributed by atoms with Crippen molar-refractivity contribution < 1.29 is 19.4 Å². The first-order valence-electron chi connectivity index (χ1n) is 13.7. The number of nitrogens with zero attached hydrogens (tertiary/aromatic N) is 2. The van der Waals surface area contributed by atoms with Crippen LogP contribution >= 0.6 is 0 Å². The van der Waals surface area contributed by atoms with Crippen molar-refractivity contribution in [1.82, 2.24) is 9.80 Å². The SMILES string of the molecule is CCN(CC)CCN1C(=O)C(=O)/C(=C(/O)c2ccc(OCC(C)C)c(C)c2)[C@H]1c1ccc(C(C)(C)C)cc1. The van der Waals surface area contributed by atoms with E-state index in [2.05, 4.69) is 53.4 Å². The Morgan fingerprint density at radius 1 is 1.05 bits per heavy atom. The summed E-state index contributed by atoms with van der Waals surface area (Å²) >= 11 is 0. The third-order valence-electron chi connectivity index (χ3n) is 7.20. The molecule has 1 atom stereocenters. The number of carbonyl (C=O) groups excluding carboxylic acids is 2. The monoisotopic (exact) mass is 520 g/mol. The van der Waals surface area contributed by atoms with E-state index in [0.29, 0.717) is 31.2 Å². The zero-order valence-electron chi connectivity index (χ0n) is 24.3. The second kappa shape index (κ2) is 12.2. The highest BCUT2D eigenvalue weighted by Crippen LogP contribution is 2.40. The Kier molecular flexibility index (Phi) is 9.42. The number of aryl methyl sites for hydroxylation is 1. The number of hydrogen-bond acceptors (Lipinski definition) is 5. The molecule has 0 aromatic heterocycles. The molecule has 0 aliphatic carbocycles. The third-order valence-corrected chi connectivity index (χ3v) is 7.20. The van der Waals surface area contributed by atoms with Crippen molar-refractivity contribution in [3.05, 3.63) is 70.3 Å². The molecule has 1 heterocycles. The molecule has 1 aliphatic rings. The highest BCUT2D eigenvalue weighted by molar-refractivity contribution is 6.46. The van der Waals surface area contributed by atoms with Crippen LogP contribution in [0.25, 0.3) is 5.76 Å². The summed E-state index contributed by atoms with van der Waals surface area (Å²) in [5.41, 5.74) is 3.43. The van der Waals surface area contributed by atoms with Crippen molar-refractivity contribution in [1.29, 1.82) is 0 Å². The quantitative estimate of drug-likeness (QED) is 0.233. The molecule has 1 amide bonds. The van der Waals surface area contributed by atoms with Crippen LogP contribution < -0.4 is 4.74 Å². The van der Waals surface area contributed by atoms with Gasteiger partial charge in [-0.3, -0.25) is 9.59 Å². The molecule has 2 aromatic carbocycles. The van der Waals surface area contributed by atoms with Gasteiger partial charge in [0.2, 0.25) is 0 Å². The van der Waals surface area contributed by atoms with E-state index < -0.39 is 17.7 Å². The van der Waals surface area contributed by atoms with Crippen LogP contribution in [0.15, 0.2) is 48.0 Å². The van der Waals surface area contributed by atoms with Gasteiger partial charge >= 0.3 is 0 Å². The Hall–Kier alpha value is -3.12. The highest BCUT2D eigenvalue weighted by atomic mass is 16.5. The summed E-state index contributed by atoms with van der Waals surface area (Å²) in [4.78, 5) is 30.6. The Labute approximate surface area is 228 Å². The predicted octanol–water partition coefficient (Wildman–Crippen LogP) is 6.09. The molecule has 0 saturated carbocycles. The lowest BCUT2D eigenvalue weighted by molar-refractivity contribution is -0.140. The van der Waals surface area contributed by atoms with E-state index in [0.717, 1.165) is 35.5 Å². The number of rotatable bonds is 10. The van der Waals surface area contributed by atoms with Crippen LogP contribution in [-0.2, 0) is 15.0 Å². The maximum absolute atomic E-state index is 13.4. The smallest absolute Gasteiger partial charge is 0.295 e. The molecule has 1 saturated heterocycles. The number of carbonyl (C=O) groups is 2. The number of aliphatic hydroxyl groups excluding tert-OH is 1. The van der Waals surface area contributed by atoms with Crippen LogP contribution in [0.5, 0.6) is 5.75 Å². The summed E-state index contributed by atoms with van der Waals surface area (Å²) < 4.78 is 5.89. The minimum atomic E-state index is -0.656. The molecular weight excluding hydrogens is 476 g/mol. The van der Waals surface area contributed by atoms with E-state index in [1.54, 1.807) is 11.0 Å². The summed E-state index contributed by atoms with van der Waals surface area (Å²) in [6.07, 6.45) is 0. The predicted molar refractivity (Wildman–Crippen MR) is 153 cm³/mol. The van der Waals surface area contributed by atoms with E-state index in [4.69, 9.17) is 4.74 Å². The van der Waals surface area contributed by atoms with Crippen molar-refractivity contribution in [3.8, 4) is 5.75 Å². The first-order chi connectivity index (χ1) is 17.9. The fourth-order valence-corrected chi connectivity index (χ4v) is 4.78. The van der Waals surface area contributed by atoms with Gasteiger partial charge in [-0.1, -0.05) is 72.7 Å². The number of ketones is 1. The number of likely N-dealkylation sites (N-methyl/N-ethyl adjacent to an activating group) is 1. The first-order valence-corrected chi connectivity index (χ1v) is 13.7. The fourth-order valence-electron chi connectivity index (χ4n) is 4.78. The van der Waals surface area contributed by atoms with Crippen LogP contribution in [0.4, 0.5) is 0 Å².